The third kappa shape index (κ3) is 4.45. The molecule has 9 heteroatoms. The molecule has 130 valence electrons. The summed E-state index contributed by atoms with van der Waals surface area (Å²) < 4.78 is 43.5. The molecular formula is C15H13ClF3NO3S. The smallest absolute Gasteiger partial charge is 0.418 e. The Morgan fingerprint density at radius 3 is 2.58 bits per heavy atom. The third-order valence-corrected chi connectivity index (χ3v) is 4.38. The van der Waals surface area contributed by atoms with E-state index in [1.165, 1.54) is 12.1 Å². The summed E-state index contributed by atoms with van der Waals surface area (Å²) in [7, 11) is 0. The second-order valence-corrected chi connectivity index (χ2v) is 7.53. The molecule has 0 unspecified atom stereocenters. The van der Waals surface area contributed by atoms with E-state index >= 15 is 0 Å². The van der Waals surface area contributed by atoms with Crippen LogP contribution in [0.3, 0.4) is 0 Å². The van der Waals surface area contributed by atoms with Gasteiger partial charge in [-0.15, -0.1) is 0 Å². The molecule has 0 spiro atoms. The maximum Gasteiger partial charge on any atom is 0.418 e. The van der Waals surface area contributed by atoms with Crippen molar-refractivity contribution < 1.29 is 27.5 Å². The number of alkyl halides is 3. The fraction of sp³-hybridized carbons (Fsp3) is 0.333. The van der Waals surface area contributed by atoms with Crippen LogP contribution in [0.2, 0.25) is 5.02 Å². The van der Waals surface area contributed by atoms with E-state index in [4.69, 9.17) is 16.3 Å². The van der Waals surface area contributed by atoms with Crippen LogP contribution in [0.1, 0.15) is 19.4 Å². The molecule has 0 fully saturated rings. The first-order valence-electron chi connectivity index (χ1n) is 6.73. The van der Waals surface area contributed by atoms with Gasteiger partial charge >= 0.3 is 6.18 Å². The predicted octanol–water partition coefficient (Wildman–Crippen LogP) is 4.25. The highest BCUT2D eigenvalue weighted by atomic mass is 35.5. The Balaban J connectivity index is 2.06. The number of rotatable bonds is 4. The molecule has 1 aromatic rings. The highest BCUT2D eigenvalue weighted by Gasteiger charge is 2.36. The molecular weight excluding hydrogens is 367 g/mol. The maximum absolute atomic E-state index is 13.0. The van der Waals surface area contributed by atoms with Crippen LogP contribution < -0.4 is 5.32 Å². The normalized spacial score (nSPS) is 16.8. The zero-order valence-electron chi connectivity index (χ0n) is 12.7. The number of carbonyl (C=O) groups is 2. The van der Waals surface area contributed by atoms with Gasteiger partial charge in [-0.05, 0) is 32.0 Å². The molecule has 1 aromatic carbocycles. The molecule has 0 aliphatic carbocycles. The van der Waals surface area contributed by atoms with E-state index in [0.717, 1.165) is 23.9 Å². The Morgan fingerprint density at radius 1 is 1.38 bits per heavy atom. The number of thioether (sulfide) groups is 1. The van der Waals surface area contributed by atoms with Crippen LogP contribution >= 0.6 is 23.4 Å². The van der Waals surface area contributed by atoms with E-state index in [2.05, 4.69) is 5.32 Å². The molecule has 0 saturated carbocycles. The zero-order valence-corrected chi connectivity index (χ0v) is 14.2. The number of amides is 1. The van der Waals surface area contributed by atoms with Crippen LogP contribution in [-0.4, -0.2) is 22.4 Å². The first-order chi connectivity index (χ1) is 11.0. The van der Waals surface area contributed by atoms with Crippen molar-refractivity contribution >= 4 is 40.1 Å². The van der Waals surface area contributed by atoms with Gasteiger partial charge < -0.3 is 10.1 Å². The van der Waals surface area contributed by atoms with Crippen molar-refractivity contribution in [2.24, 2.45) is 0 Å². The monoisotopic (exact) mass is 379 g/mol. The second-order valence-electron chi connectivity index (χ2n) is 5.46. The van der Waals surface area contributed by atoms with Gasteiger partial charge in [0.25, 0.3) is 5.91 Å². The number of benzene rings is 1. The lowest BCUT2D eigenvalue weighted by atomic mass is 10.1. The Morgan fingerprint density at radius 2 is 2.04 bits per heavy atom. The van der Waals surface area contributed by atoms with Crippen molar-refractivity contribution in [3.63, 3.8) is 0 Å². The van der Waals surface area contributed by atoms with Gasteiger partial charge in [0, 0.05) is 11.1 Å². The van der Waals surface area contributed by atoms with Gasteiger partial charge in [-0.3, -0.25) is 9.59 Å². The summed E-state index contributed by atoms with van der Waals surface area (Å²) in [6.45, 7) is 2.98. The average molecular weight is 380 g/mol. The van der Waals surface area contributed by atoms with E-state index in [-0.39, 0.29) is 10.1 Å². The highest BCUT2D eigenvalue weighted by molar-refractivity contribution is 8.15. The first kappa shape index (κ1) is 18.7. The fourth-order valence-electron chi connectivity index (χ4n) is 2.02. The van der Waals surface area contributed by atoms with Gasteiger partial charge in [-0.25, -0.2) is 0 Å². The average Bonchev–Trinajstić information content (AvgIpc) is 2.69. The van der Waals surface area contributed by atoms with Gasteiger partial charge in [-0.2, -0.15) is 13.2 Å². The van der Waals surface area contributed by atoms with Crippen molar-refractivity contribution in [1.29, 1.82) is 0 Å². The van der Waals surface area contributed by atoms with Gasteiger partial charge in [0.15, 0.2) is 6.61 Å². The molecule has 0 atom stereocenters. The number of anilines is 1. The Labute approximate surface area is 145 Å². The molecule has 24 heavy (non-hydrogen) atoms. The summed E-state index contributed by atoms with van der Waals surface area (Å²) in [5.74, 6) is -0.469. The minimum absolute atomic E-state index is 0.0926. The second kappa shape index (κ2) is 6.68. The quantitative estimate of drug-likeness (QED) is 0.849. The van der Waals surface area contributed by atoms with Crippen LogP contribution in [0.15, 0.2) is 30.0 Å². The summed E-state index contributed by atoms with van der Waals surface area (Å²) in [6, 6.07) is 3.04. The van der Waals surface area contributed by atoms with E-state index in [0.29, 0.717) is 5.76 Å². The largest absolute Gasteiger partial charge is 0.486 e. The van der Waals surface area contributed by atoms with Crippen molar-refractivity contribution in [2.75, 3.05) is 11.9 Å². The lowest BCUT2D eigenvalue weighted by Gasteiger charge is -2.20. The third-order valence-electron chi connectivity index (χ3n) is 3.12. The van der Waals surface area contributed by atoms with Gasteiger partial charge in [0.1, 0.15) is 5.76 Å². The molecule has 4 nitrogen and oxygen atoms in total. The van der Waals surface area contributed by atoms with Crippen LogP contribution in [0.5, 0.6) is 0 Å². The molecule has 0 aromatic heterocycles. The Kier molecular flexibility index (Phi) is 5.19. The fourth-order valence-corrected chi connectivity index (χ4v) is 3.08. The molecule has 1 aliphatic rings. The number of carbonyl (C=O) groups excluding carboxylic acids is 2. The molecule has 2 rings (SSSR count). The standard InChI is InChI=1S/C15H13ClF3NO3S/c1-14(2)11(6-13(22)24-14)23-7-12(21)20-10-4-3-8(16)5-9(10)15(17,18)19/h3-6H,7H2,1-2H3,(H,20,21). The number of halogens is 4. The van der Waals surface area contributed by atoms with Crippen LogP contribution in [-0.2, 0) is 20.5 Å². The first-order valence-corrected chi connectivity index (χ1v) is 7.93. The molecule has 1 heterocycles. The minimum Gasteiger partial charge on any atom is -0.486 e. The van der Waals surface area contributed by atoms with Gasteiger partial charge in [0.05, 0.1) is 16.0 Å². The predicted molar refractivity (Wildman–Crippen MR) is 85.8 cm³/mol. The number of ether oxygens (including phenoxy) is 1. The van der Waals surface area contributed by atoms with Crippen molar-refractivity contribution in [1.82, 2.24) is 0 Å². The number of hydrogen-bond acceptors (Lipinski definition) is 4. The van der Waals surface area contributed by atoms with Crippen molar-refractivity contribution in [3.8, 4) is 0 Å². The molecule has 1 N–H and O–H groups in total. The van der Waals surface area contributed by atoms with Crippen molar-refractivity contribution in [3.05, 3.63) is 40.6 Å². The molecule has 0 radical (unpaired) electrons. The van der Waals surface area contributed by atoms with E-state index in [1.54, 1.807) is 13.8 Å². The summed E-state index contributed by atoms with van der Waals surface area (Å²) in [6.07, 6.45) is -3.39. The van der Waals surface area contributed by atoms with E-state index < -0.39 is 34.7 Å². The summed E-state index contributed by atoms with van der Waals surface area (Å²) in [5.41, 5.74) is -1.46. The molecule has 0 saturated heterocycles. The molecule has 1 amide bonds. The van der Waals surface area contributed by atoms with E-state index in [1.807, 2.05) is 0 Å². The molecule has 0 bridgehead atoms. The van der Waals surface area contributed by atoms with Crippen molar-refractivity contribution in [2.45, 2.75) is 24.8 Å². The Bertz CT molecular complexity index is 716. The summed E-state index contributed by atoms with van der Waals surface area (Å²) >= 11 is 6.61. The van der Waals surface area contributed by atoms with Crippen LogP contribution in [0.25, 0.3) is 0 Å². The maximum atomic E-state index is 13.0. The number of nitrogens with one attached hydrogen (secondary N) is 1. The highest BCUT2D eigenvalue weighted by Crippen LogP contribution is 2.40. The SMILES string of the molecule is CC1(C)SC(=O)C=C1OCC(=O)Nc1ccc(Cl)cc1C(F)(F)F. The molecule has 1 aliphatic heterocycles. The summed E-state index contributed by atoms with van der Waals surface area (Å²) in [4.78, 5) is 23.2. The van der Waals surface area contributed by atoms with Crippen LogP contribution in [0.4, 0.5) is 18.9 Å². The zero-order chi connectivity index (χ0) is 18.1. The summed E-state index contributed by atoms with van der Waals surface area (Å²) in [5, 5.41) is 1.85. The Hall–Kier alpha value is -1.67. The lowest BCUT2D eigenvalue weighted by Crippen LogP contribution is -2.24. The van der Waals surface area contributed by atoms with Gasteiger partial charge in [-0.1, -0.05) is 23.4 Å². The van der Waals surface area contributed by atoms with Gasteiger partial charge in [0.2, 0.25) is 5.12 Å². The topological polar surface area (TPSA) is 55.4 Å². The van der Waals surface area contributed by atoms with E-state index in [9.17, 15) is 22.8 Å². The van der Waals surface area contributed by atoms with Crippen LogP contribution in [0, 0.1) is 0 Å². The minimum atomic E-state index is -4.66. The number of hydrogen-bond donors (Lipinski definition) is 1. The lowest BCUT2D eigenvalue weighted by molar-refractivity contribution is -0.137.